The first kappa shape index (κ1) is 18.6. The molecule has 0 bridgehead atoms. The number of carbonyl (C=O) groups is 3. The summed E-state index contributed by atoms with van der Waals surface area (Å²) in [5.41, 5.74) is 1.63. The number of nitrogens with zero attached hydrogens (tertiary/aromatic N) is 1. The normalized spacial score (nSPS) is 11.5. The molecule has 2 rings (SSSR count). The van der Waals surface area contributed by atoms with Crippen LogP contribution in [-0.4, -0.2) is 35.2 Å². The molecule has 1 aromatic heterocycles. The van der Waals surface area contributed by atoms with Crippen molar-refractivity contribution < 1.29 is 19.1 Å². The summed E-state index contributed by atoms with van der Waals surface area (Å²) in [6.07, 6.45) is -1.03. The molecule has 2 N–H and O–H groups in total. The Morgan fingerprint density at radius 1 is 1.24 bits per heavy atom. The van der Waals surface area contributed by atoms with Crippen molar-refractivity contribution in [3.05, 3.63) is 41.1 Å². The van der Waals surface area contributed by atoms with E-state index in [2.05, 4.69) is 15.0 Å². The lowest BCUT2D eigenvalue weighted by atomic mass is 10.1. The number of hydrogen-bond donors (Lipinski definition) is 2. The van der Waals surface area contributed by atoms with E-state index in [1.54, 1.807) is 38.2 Å². The van der Waals surface area contributed by atoms with Crippen molar-refractivity contribution in [2.75, 3.05) is 17.7 Å². The van der Waals surface area contributed by atoms with Gasteiger partial charge >= 0.3 is 5.97 Å². The average Bonchev–Trinajstić information content (AvgIpc) is 2.95. The summed E-state index contributed by atoms with van der Waals surface area (Å²) in [6, 6.07) is 6.66. The number of carbonyl (C=O) groups excluding carboxylic acids is 3. The molecule has 1 atom stereocenters. The minimum Gasteiger partial charge on any atom is -0.449 e. The summed E-state index contributed by atoms with van der Waals surface area (Å²) in [5.74, 6) is -1.31. The van der Waals surface area contributed by atoms with Gasteiger partial charge in [-0.1, -0.05) is 12.1 Å². The number of nitrogens with one attached hydrogen (secondary N) is 2. The number of para-hydroxylation sites is 1. The number of ketones is 1. The number of esters is 1. The predicted octanol–water partition coefficient (Wildman–Crippen LogP) is 2.88. The van der Waals surface area contributed by atoms with Crippen molar-refractivity contribution in [3.63, 3.8) is 0 Å². The monoisotopic (exact) mass is 361 g/mol. The van der Waals surface area contributed by atoms with Gasteiger partial charge in [0.05, 0.1) is 11.4 Å². The minimum absolute atomic E-state index is 0.167. The van der Waals surface area contributed by atoms with E-state index in [9.17, 15) is 14.4 Å². The maximum atomic E-state index is 12.3. The van der Waals surface area contributed by atoms with Gasteiger partial charge in [0.15, 0.2) is 11.9 Å². The summed E-state index contributed by atoms with van der Waals surface area (Å²) in [6.45, 7) is 4.58. The summed E-state index contributed by atoms with van der Waals surface area (Å²) in [5, 5.41) is 6.08. The van der Waals surface area contributed by atoms with Crippen LogP contribution < -0.4 is 10.6 Å². The number of anilines is 2. The number of amides is 1. The lowest BCUT2D eigenvalue weighted by Gasteiger charge is -2.15. The highest BCUT2D eigenvalue weighted by atomic mass is 32.1. The van der Waals surface area contributed by atoms with Gasteiger partial charge in [0.1, 0.15) is 10.6 Å². The van der Waals surface area contributed by atoms with E-state index < -0.39 is 18.0 Å². The number of ether oxygens (including phenoxy) is 1. The number of aryl methyl sites for hydroxylation is 1. The summed E-state index contributed by atoms with van der Waals surface area (Å²) >= 11 is 1.15. The molecule has 0 aliphatic carbocycles. The van der Waals surface area contributed by atoms with Crippen LogP contribution in [0.25, 0.3) is 0 Å². The molecule has 1 heterocycles. The highest BCUT2D eigenvalue weighted by Gasteiger charge is 2.24. The van der Waals surface area contributed by atoms with Crippen LogP contribution in [0.1, 0.15) is 40.3 Å². The Morgan fingerprint density at radius 3 is 2.56 bits per heavy atom. The third kappa shape index (κ3) is 4.21. The first-order valence-corrected chi connectivity index (χ1v) is 8.38. The van der Waals surface area contributed by atoms with E-state index in [1.165, 1.54) is 13.8 Å². The van der Waals surface area contributed by atoms with E-state index in [1.807, 2.05) is 0 Å². The standard InChI is InChI=1S/C17H19N3O4S/c1-9-14(16(18-4)25-20-9)17(23)24-11(3)15(22)19-13-8-6-5-7-12(13)10(2)21/h5-8,11,18H,1-4H3,(H,19,22). The van der Waals surface area contributed by atoms with Gasteiger partial charge in [-0.15, -0.1) is 0 Å². The largest absolute Gasteiger partial charge is 0.449 e. The molecule has 0 aliphatic rings. The van der Waals surface area contributed by atoms with Gasteiger partial charge in [0.2, 0.25) is 0 Å². The Morgan fingerprint density at radius 2 is 1.92 bits per heavy atom. The molecule has 1 aromatic carbocycles. The molecule has 132 valence electrons. The molecule has 0 radical (unpaired) electrons. The lowest BCUT2D eigenvalue weighted by molar-refractivity contribution is -0.123. The number of hydrogen-bond acceptors (Lipinski definition) is 7. The van der Waals surface area contributed by atoms with Crippen LogP contribution in [0.15, 0.2) is 24.3 Å². The van der Waals surface area contributed by atoms with E-state index in [0.29, 0.717) is 27.5 Å². The fourth-order valence-corrected chi connectivity index (χ4v) is 2.92. The Balaban J connectivity index is 2.09. The van der Waals surface area contributed by atoms with Crippen molar-refractivity contribution in [2.45, 2.75) is 26.9 Å². The van der Waals surface area contributed by atoms with Gasteiger partial charge in [-0.05, 0) is 44.4 Å². The predicted molar refractivity (Wildman–Crippen MR) is 96.4 cm³/mol. The number of Topliss-reactive ketones (excluding diaryl/α,β-unsaturated/α-hetero) is 1. The van der Waals surface area contributed by atoms with Crippen LogP contribution in [-0.2, 0) is 9.53 Å². The number of aromatic nitrogens is 1. The van der Waals surface area contributed by atoms with Crippen molar-refractivity contribution >= 4 is 39.9 Å². The maximum Gasteiger partial charge on any atom is 0.343 e. The molecule has 1 unspecified atom stereocenters. The third-order valence-electron chi connectivity index (χ3n) is 3.51. The van der Waals surface area contributed by atoms with Crippen LogP contribution in [0.2, 0.25) is 0 Å². The highest BCUT2D eigenvalue weighted by Crippen LogP contribution is 2.25. The smallest absolute Gasteiger partial charge is 0.343 e. The van der Waals surface area contributed by atoms with E-state index in [-0.39, 0.29) is 5.78 Å². The molecule has 0 spiro atoms. The van der Waals surface area contributed by atoms with Gasteiger partial charge in [0.25, 0.3) is 5.91 Å². The van der Waals surface area contributed by atoms with Gasteiger partial charge in [-0.25, -0.2) is 4.79 Å². The lowest BCUT2D eigenvalue weighted by Crippen LogP contribution is -2.30. The molecule has 0 saturated carbocycles. The van der Waals surface area contributed by atoms with Crippen molar-refractivity contribution in [1.82, 2.24) is 4.37 Å². The number of benzene rings is 1. The zero-order chi connectivity index (χ0) is 18.6. The molecular weight excluding hydrogens is 342 g/mol. The van der Waals surface area contributed by atoms with Crippen LogP contribution in [0.5, 0.6) is 0 Å². The molecule has 0 fully saturated rings. The second kappa shape index (κ2) is 7.89. The fourth-order valence-electron chi connectivity index (χ4n) is 2.19. The third-order valence-corrected chi connectivity index (χ3v) is 4.47. The van der Waals surface area contributed by atoms with Crippen molar-refractivity contribution in [2.24, 2.45) is 0 Å². The van der Waals surface area contributed by atoms with Crippen LogP contribution in [0.4, 0.5) is 10.7 Å². The Labute approximate surface area is 149 Å². The second-order valence-corrected chi connectivity index (χ2v) is 6.13. The zero-order valence-corrected chi connectivity index (χ0v) is 15.2. The van der Waals surface area contributed by atoms with Gasteiger partial charge in [-0.3, -0.25) is 9.59 Å². The molecular formula is C17H19N3O4S. The van der Waals surface area contributed by atoms with Gasteiger partial charge < -0.3 is 15.4 Å². The maximum absolute atomic E-state index is 12.3. The molecule has 0 aliphatic heterocycles. The van der Waals surface area contributed by atoms with Gasteiger partial charge in [0, 0.05) is 12.6 Å². The van der Waals surface area contributed by atoms with Crippen molar-refractivity contribution in [3.8, 4) is 0 Å². The van der Waals surface area contributed by atoms with E-state index in [0.717, 1.165) is 11.5 Å². The van der Waals surface area contributed by atoms with Crippen molar-refractivity contribution in [1.29, 1.82) is 0 Å². The van der Waals surface area contributed by atoms with E-state index in [4.69, 9.17) is 4.74 Å². The Kier molecular flexibility index (Phi) is 5.87. The Bertz CT molecular complexity index is 816. The quantitative estimate of drug-likeness (QED) is 0.606. The van der Waals surface area contributed by atoms with Gasteiger partial charge in [-0.2, -0.15) is 4.37 Å². The molecule has 25 heavy (non-hydrogen) atoms. The first-order valence-electron chi connectivity index (χ1n) is 7.61. The molecule has 8 heteroatoms. The summed E-state index contributed by atoms with van der Waals surface area (Å²) < 4.78 is 9.34. The Hall–Kier alpha value is -2.74. The average molecular weight is 361 g/mol. The second-order valence-electron chi connectivity index (χ2n) is 5.36. The topological polar surface area (TPSA) is 97.4 Å². The molecule has 7 nitrogen and oxygen atoms in total. The fraction of sp³-hybridized carbons (Fsp3) is 0.294. The van der Waals surface area contributed by atoms with E-state index >= 15 is 0 Å². The zero-order valence-electron chi connectivity index (χ0n) is 14.4. The summed E-state index contributed by atoms with van der Waals surface area (Å²) in [7, 11) is 1.68. The molecule has 1 amide bonds. The van der Waals surface area contributed by atoms with Crippen LogP contribution in [0.3, 0.4) is 0 Å². The minimum atomic E-state index is -1.03. The first-order chi connectivity index (χ1) is 11.8. The van der Waals surface area contributed by atoms with Crippen LogP contribution in [0, 0.1) is 6.92 Å². The summed E-state index contributed by atoms with van der Waals surface area (Å²) in [4.78, 5) is 36.2. The SMILES string of the molecule is CNc1snc(C)c1C(=O)OC(C)C(=O)Nc1ccccc1C(C)=O. The number of rotatable bonds is 6. The highest BCUT2D eigenvalue weighted by molar-refractivity contribution is 7.10. The van der Waals surface area contributed by atoms with Crippen LogP contribution >= 0.6 is 11.5 Å². The molecule has 2 aromatic rings. The molecule has 0 saturated heterocycles.